The Kier molecular flexibility index (Phi) is 5.89. The van der Waals surface area contributed by atoms with E-state index in [0.29, 0.717) is 23.1 Å². The number of pyridine rings is 1. The zero-order valence-electron chi connectivity index (χ0n) is 16.2. The van der Waals surface area contributed by atoms with Crippen molar-refractivity contribution in [2.75, 3.05) is 26.2 Å². The highest BCUT2D eigenvalue weighted by atomic mass is 19.1. The minimum absolute atomic E-state index is 0.244. The maximum absolute atomic E-state index is 13.5. The number of rotatable bonds is 7. The van der Waals surface area contributed by atoms with E-state index in [9.17, 15) is 14.0 Å². The highest BCUT2D eigenvalue weighted by Gasteiger charge is 2.17. The van der Waals surface area contributed by atoms with E-state index in [1.54, 1.807) is 13.0 Å². The zero-order valence-corrected chi connectivity index (χ0v) is 16.2. The number of aromatic amines is 2. The number of imidazole rings is 1. The van der Waals surface area contributed by atoms with Gasteiger partial charge in [0.25, 0.3) is 11.5 Å². The standard InChI is InChI=1S/C20H24FN5O2/c1-4-26(5-2)9-8-22-20(28)17-12(3)23-18(25-17)15-11-13-10-14(21)6-7-16(13)24-19(15)27/h6-7,10-11H,4-5,8-9H2,1-3H3,(H,22,28)(H,23,25)(H,24,27). The molecule has 0 radical (unpaired) electrons. The van der Waals surface area contributed by atoms with Crippen LogP contribution in [0.1, 0.15) is 30.0 Å². The molecule has 3 rings (SSSR count). The summed E-state index contributed by atoms with van der Waals surface area (Å²) in [6, 6.07) is 5.70. The number of aromatic nitrogens is 3. The van der Waals surface area contributed by atoms with E-state index in [2.05, 4.69) is 39.0 Å². The largest absolute Gasteiger partial charge is 0.349 e. The predicted octanol–water partition coefficient (Wildman–Crippen LogP) is 2.44. The third-order valence-corrected chi connectivity index (χ3v) is 4.77. The van der Waals surface area contributed by atoms with E-state index in [1.807, 2.05) is 0 Å². The second-order valence-corrected chi connectivity index (χ2v) is 6.59. The highest BCUT2D eigenvalue weighted by Crippen LogP contribution is 2.19. The average Bonchev–Trinajstić information content (AvgIpc) is 3.06. The van der Waals surface area contributed by atoms with Crippen LogP contribution in [0.3, 0.4) is 0 Å². The Bertz CT molecular complexity index is 1050. The van der Waals surface area contributed by atoms with Gasteiger partial charge in [0.05, 0.1) is 5.56 Å². The summed E-state index contributed by atoms with van der Waals surface area (Å²) in [5.74, 6) is -0.413. The van der Waals surface area contributed by atoms with Gasteiger partial charge in [-0.05, 0) is 44.3 Å². The lowest BCUT2D eigenvalue weighted by atomic mass is 10.1. The SMILES string of the molecule is CCN(CC)CCNC(=O)c1nc(-c2cc3cc(F)ccc3[nH]c2=O)[nH]c1C. The van der Waals surface area contributed by atoms with Crippen molar-refractivity contribution in [3.8, 4) is 11.4 Å². The van der Waals surface area contributed by atoms with Crippen molar-refractivity contribution in [2.45, 2.75) is 20.8 Å². The number of carbonyl (C=O) groups excluding carboxylic acids is 1. The molecule has 0 atom stereocenters. The molecule has 1 amide bonds. The Balaban J connectivity index is 1.84. The number of fused-ring (bicyclic) bond motifs is 1. The van der Waals surface area contributed by atoms with Gasteiger partial charge in [0, 0.05) is 29.7 Å². The number of amides is 1. The first-order chi connectivity index (χ1) is 13.4. The Labute approximate surface area is 162 Å². The molecule has 0 aliphatic heterocycles. The van der Waals surface area contributed by atoms with Crippen LogP contribution < -0.4 is 10.9 Å². The van der Waals surface area contributed by atoms with Gasteiger partial charge in [0.2, 0.25) is 0 Å². The number of likely N-dealkylation sites (N-methyl/N-ethyl adjacent to an activating group) is 1. The van der Waals surface area contributed by atoms with Crippen molar-refractivity contribution < 1.29 is 9.18 Å². The van der Waals surface area contributed by atoms with Crippen LogP contribution in [0.5, 0.6) is 0 Å². The first kappa shape index (κ1) is 19.8. The molecule has 2 heterocycles. The smallest absolute Gasteiger partial charge is 0.271 e. The van der Waals surface area contributed by atoms with Gasteiger partial charge in [-0.1, -0.05) is 13.8 Å². The molecule has 0 unspecified atom stereocenters. The molecule has 7 nitrogen and oxygen atoms in total. The minimum atomic E-state index is -0.394. The van der Waals surface area contributed by atoms with Gasteiger partial charge >= 0.3 is 0 Å². The van der Waals surface area contributed by atoms with Crippen molar-refractivity contribution in [1.29, 1.82) is 0 Å². The molecule has 8 heteroatoms. The summed E-state index contributed by atoms with van der Waals surface area (Å²) >= 11 is 0. The molecule has 148 valence electrons. The molecule has 0 saturated carbocycles. The Morgan fingerprint density at radius 3 is 2.68 bits per heavy atom. The molecule has 1 aromatic carbocycles. The zero-order chi connectivity index (χ0) is 20.3. The third-order valence-electron chi connectivity index (χ3n) is 4.77. The van der Waals surface area contributed by atoms with E-state index in [0.717, 1.165) is 19.6 Å². The lowest BCUT2D eigenvalue weighted by Gasteiger charge is -2.17. The Morgan fingerprint density at radius 1 is 1.21 bits per heavy atom. The third kappa shape index (κ3) is 4.12. The number of benzene rings is 1. The number of halogens is 1. The van der Waals surface area contributed by atoms with E-state index < -0.39 is 5.82 Å². The molecule has 0 spiro atoms. The first-order valence-electron chi connectivity index (χ1n) is 9.33. The van der Waals surface area contributed by atoms with Crippen molar-refractivity contribution in [3.05, 3.63) is 51.8 Å². The van der Waals surface area contributed by atoms with E-state index in [4.69, 9.17) is 0 Å². The summed E-state index contributed by atoms with van der Waals surface area (Å²) in [7, 11) is 0. The number of hydrogen-bond acceptors (Lipinski definition) is 4. The van der Waals surface area contributed by atoms with Crippen molar-refractivity contribution in [3.63, 3.8) is 0 Å². The molecule has 0 saturated heterocycles. The molecule has 28 heavy (non-hydrogen) atoms. The molecular formula is C20H24FN5O2. The fraction of sp³-hybridized carbons (Fsp3) is 0.350. The molecule has 2 aromatic heterocycles. The Morgan fingerprint density at radius 2 is 1.96 bits per heavy atom. The van der Waals surface area contributed by atoms with E-state index >= 15 is 0 Å². The quantitative estimate of drug-likeness (QED) is 0.582. The molecule has 0 aliphatic rings. The number of aryl methyl sites for hydroxylation is 1. The normalized spacial score (nSPS) is 11.3. The second kappa shape index (κ2) is 8.35. The number of nitrogens with zero attached hydrogens (tertiary/aromatic N) is 2. The van der Waals surface area contributed by atoms with E-state index in [-0.39, 0.29) is 28.5 Å². The topological polar surface area (TPSA) is 93.9 Å². The van der Waals surface area contributed by atoms with Crippen LogP contribution in [-0.2, 0) is 0 Å². The predicted molar refractivity (Wildman–Crippen MR) is 107 cm³/mol. The van der Waals surface area contributed by atoms with Crippen LogP contribution in [0.25, 0.3) is 22.3 Å². The lowest BCUT2D eigenvalue weighted by Crippen LogP contribution is -2.35. The summed E-state index contributed by atoms with van der Waals surface area (Å²) in [6.07, 6.45) is 0. The molecule has 0 fully saturated rings. The summed E-state index contributed by atoms with van der Waals surface area (Å²) < 4.78 is 13.5. The second-order valence-electron chi connectivity index (χ2n) is 6.59. The van der Waals surface area contributed by atoms with Gasteiger partial charge in [0.15, 0.2) is 0 Å². The number of carbonyl (C=O) groups is 1. The molecule has 0 bridgehead atoms. The first-order valence-corrected chi connectivity index (χ1v) is 9.33. The highest BCUT2D eigenvalue weighted by molar-refractivity contribution is 5.94. The maximum atomic E-state index is 13.5. The number of hydrogen-bond donors (Lipinski definition) is 3. The Hall–Kier alpha value is -3.00. The van der Waals surface area contributed by atoms with Gasteiger partial charge in [-0.15, -0.1) is 0 Å². The van der Waals surface area contributed by atoms with Gasteiger partial charge in [0.1, 0.15) is 17.3 Å². The monoisotopic (exact) mass is 385 g/mol. The van der Waals surface area contributed by atoms with Crippen LogP contribution in [0.2, 0.25) is 0 Å². The average molecular weight is 385 g/mol. The van der Waals surface area contributed by atoms with Gasteiger partial charge < -0.3 is 20.2 Å². The summed E-state index contributed by atoms with van der Waals surface area (Å²) in [4.78, 5) is 37.1. The van der Waals surface area contributed by atoms with Gasteiger partial charge in [-0.2, -0.15) is 0 Å². The van der Waals surface area contributed by atoms with E-state index in [1.165, 1.54) is 18.2 Å². The van der Waals surface area contributed by atoms with Crippen LogP contribution in [0.4, 0.5) is 4.39 Å². The molecule has 3 aromatic rings. The summed E-state index contributed by atoms with van der Waals surface area (Å²) in [6.45, 7) is 8.98. The molecule has 0 aliphatic carbocycles. The van der Waals surface area contributed by atoms with Crippen LogP contribution in [-0.4, -0.2) is 51.9 Å². The summed E-state index contributed by atoms with van der Waals surface area (Å²) in [5, 5.41) is 3.41. The molecule has 3 N–H and O–H groups in total. The number of nitrogens with one attached hydrogen (secondary N) is 3. The van der Waals surface area contributed by atoms with Gasteiger partial charge in [-0.25, -0.2) is 9.37 Å². The fourth-order valence-corrected chi connectivity index (χ4v) is 3.11. The summed E-state index contributed by atoms with van der Waals surface area (Å²) in [5.41, 5.74) is 1.24. The lowest BCUT2D eigenvalue weighted by molar-refractivity contribution is 0.0944. The van der Waals surface area contributed by atoms with Gasteiger partial charge in [-0.3, -0.25) is 9.59 Å². The van der Waals surface area contributed by atoms with Crippen LogP contribution >= 0.6 is 0 Å². The number of H-pyrrole nitrogens is 2. The minimum Gasteiger partial charge on any atom is -0.349 e. The van der Waals surface area contributed by atoms with Crippen molar-refractivity contribution >= 4 is 16.8 Å². The van der Waals surface area contributed by atoms with Crippen molar-refractivity contribution in [2.24, 2.45) is 0 Å². The van der Waals surface area contributed by atoms with Crippen molar-refractivity contribution in [1.82, 2.24) is 25.2 Å². The molecular weight excluding hydrogens is 361 g/mol. The van der Waals surface area contributed by atoms with Crippen LogP contribution in [0, 0.1) is 12.7 Å². The maximum Gasteiger partial charge on any atom is 0.271 e. The fourth-order valence-electron chi connectivity index (χ4n) is 3.11. The van der Waals surface area contributed by atoms with Crippen LogP contribution in [0.15, 0.2) is 29.1 Å².